The Bertz CT molecular complexity index is 494. The largest absolute Gasteiger partial charge is 0.479 e. The zero-order valence-electron chi connectivity index (χ0n) is 10.3. The lowest BCUT2D eigenvalue weighted by Gasteiger charge is -2.17. The molecule has 19 heavy (non-hydrogen) atoms. The third-order valence-corrected chi connectivity index (χ3v) is 2.89. The smallest absolute Gasteiger partial charge is 0.337 e. The van der Waals surface area contributed by atoms with Crippen LogP contribution in [0.25, 0.3) is 6.08 Å². The summed E-state index contributed by atoms with van der Waals surface area (Å²) < 4.78 is 0.937. The number of hydrogen-bond acceptors (Lipinski definition) is 3. The van der Waals surface area contributed by atoms with Crippen LogP contribution in [0.1, 0.15) is 12.5 Å². The third kappa shape index (κ3) is 5.23. The summed E-state index contributed by atoms with van der Waals surface area (Å²) in [6, 6.07) is 7.32. The van der Waals surface area contributed by atoms with Crippen LogP contribution in [-0.2, 0) is 9.59 Å². The highest BCUT2D eigenvalue weighted by atomic mass is 79.9. The topological polar surface area (TPSA) is 86.6 Å². The van der Waals surface area contributed by atoms with E-state index in [1.807, 2.05) is 24.3 Å². The van der Waals surface area contributed by atoms with E-state index in [0.29, 0.717) is 0 Å². The van der Waals surface area contributed by atoms with E-state index in [9.17, 15) is 14.7 Å². The molecule has 0 aliphatic rings. The van der Waals surface area contributed by atoms with Crippen molar-refractivity contribution < 1.29 is 19.8 Å². The Morgan fingerprint density at radius 3 is 2.47 bits per heavy atom. The minimum absolute atomic E-state index is 0.355. The first kappa shape index (κ1) is 15.4. The Hall–Kier alpha value is -1.66. The SMILES string of the molecule is CC(O)(CNC(=O)C=Cc1ccc(Br)cc1)C(=O)O. The molecule has 1 aromatic rings. The summed E-state index contributed by atoms with van der Waals surface area (Å²) in [6.07, 6.45) is 2.87. The number of aliphatic hydroxyl groups is 1. The minimum Gasteiger partial charge on any atom is -0.479 e. The Balaban J connectivity index is 2.52. The number of carboxylic acid groups (broad SMARTS) is 1. The average Bonchev–Trinajstić information content (AvgIpc) is 2.35. The number of nitrogens with one attached hydrogen (secondary N) is 1. The lowest BCUT2D eigenvalue weighted by atomic mass is 10.1. The molecule has 0 aromatic heterocycles. The molecule has 0 aliphatic carbocycles. The Kier molecular flexibility index (Phi) is 5.26. The van der Waals surface area contributed by atoms with Gasteiger partial charge < -0.3 is 15.5 Å². The molecule has 0 bridgehead atoms. The van der Waals surface area contributed by atoms with Crippen molar-refractivity contribution in [3.63, 3.8) is 0 Å². The monoisotopic (exact) mass is 327 g/mol. The van der Waals surface area contributed by atoms with Crippen LogP contribution in [0.5, 0.6) is 0 Å². The van der Waals surface area contributed by atoms with Crippen LogP contribution in [0.3, 0.4) is 0 Å². The normalized spacial score (nSPS) is 14.1. The van der Waals surface area contributed by atoms with E-state index in [2.05, 4.69) is 21.2 Å². The number of amides is 1. The fraction of sp³-hybridized carbons (Fsp3) is 0.231. The lowest BCUT2D eigenvalue weighted by molar-refractivity contribution is -0.156. The number of carboxylic acids is 1. The predicted octanol–water partition coefficient (Wildman–Crippen LogP) is 1.41. The Labute approximate surface area is 119 Å². The molecule has 0 heterocycles. The molecular weight excluding hydrogens is 314 g/mol. The zero-order valence-corrected chi connectivity index (χ0v) is 11.8. The molecule has 3 N–H and O–H groups in total. The Morgan fingerprint density at radius 2 is 1.95 bits per heavy atom. The van der Waals surface area contributed by atoms with Crippen molar-refractivity contribution in [3.8, 4) is 0 Å². The van der Waals surface area contributed by atoms with E-state index >= 15 is 0 Å². The summed E-state index contributed by atoms with van der Waals surface area (Å²) >= 11 is 3.30. The van der Waals surface area contributed by atoms with Gasteiger partial charge in [-0.05, 0) is 30.7 Å². The van der Waals surface area contributed by atoms with E-state index in [4.69, 9.17) is 5.11 Å². The number of rotatable bonds is 5. The van der Waals surface area contributed by atoms with E-state index in [1.54, 1.807) is 6.08 Å². The van der Waals surface area contributed by atoms with Gasteiger partial charge in [-0.2, -0.15) is 0 Å². The van der Waals surface area contributed by atoms with Gasteiger partial charge in [0.25, 0.3) is 0 Å². The van der Waals surface area contributed by atoms with Gasteiger partial charge in [-0.3, -0.25) is 4.79 Å². The number of hydrogen-bond donors (Lipinski definition) is 3. The number of halogens is 1. The van der Waals surface area contributed by atoms with Gasteiger partial charge in [0.05, 0.1) is 6.54 Å². The molecule has 6 heteroatoms. The average molecular weight is 328 g/mol. The molecule has 1 atom stereocenters. The Morgan fingerprint density at radius 1 is 1.37 bits per heavy atom. The van der Waals surface area contributed by atoms with Crippen molar-refractivity contribution in [2.45, 2.75) is 12.5 Å². The summed E-state index contributed by atoms with van der Waals surface area (Å²) in [6.45, 7) is 0.764. The summed E-state index contributed by atoms with van der Waals surface area (Å²) in [4.78, 5) is 22.1. The number of aliphatic carboxylic acids is 1. The molecule has 102 valence electrons. The van der Waals surface area contributed by atoms with Gasteiger partial charge in [-0.1, -0.05) is 28.1 Å². The summed E-state index contributed by atoms with van der Waals surface area (Å²) in [5.74, 6) is -1.85. The lowest BCUT2D eigenvalue weighted by Crippen LogP contribution is -2.46. The van der Waals surface area contributed by atoms with Crippen LogP contribution in [-0.4, -0.2) is 34.2 Å². The molecule has 0 radical (unpaired) electrons. The number of carbonyl (C=O) groups is 2. The van der Waals surface area contributed by atoms with Gasteiger partial charge in [-0.15, -0.1) is 0 Å². The van der Waals surface area contributed by atoms with Gasteiger partial charge in [0.2, 0.25) is 5.91 Å². The van der Waals surface area contributed by atoms with Gasteiger partial charge in [-0.25, -0.2) is 4.79 Å². The summed E-state index contributed by atoms with van der Waals surface area (Å²) in [5.41, 5.74) is -1.13. The van der Waals surface area contributed by atoms with Crippen LogP contribution in [0.4, 0.5) is 0 Å². The fourth-order valence-corrected chi connectivity index (χ4v) is 1.40. The molecule has 1 aromatic carbocycles. The summed E-state index contributed by atoms with van der Waals surface area (Å²) in [7, 11) is 0. The van der Waals surface area contributed by atoms with Crippen LogP contribution in [0.2, 0.25) is 0 Å². The molecule has 1 rings (SSSR count). The van der Waals surface area contributed by atoms with Crippen LogP contribution >= 0.6 is 15.9 Å². The maximum atomic E-state index is 11.4. The van der Waals surface area contributed by atoms with Crippen molar-refractivity contribution in [2.75, 3.05) is 6.54 Å². The van der Waals surface area contributed by atoms with Crippen LogP contribution in [0, 0.1) is 0 Å². The van der Waals surface area contributed by atoms with Crippen LogP contribution in [0.15, 0.2) is 34.8 Å². The highest BCUT2D eigenvalue weighted by molar-refractivity contribution is 9.10. The van der Waals surface area contributed by atoms with E-state index in [0.717, 1.165) is 17.0 Å². The zero-order chi connectivity index (χ0) is 14.5. The minimum atomic E-state index is -1.97. The molecule has 0 saturated carbocycles. The van der Waals surface area contributed by atoms with Gasteiger partial charge in [0.1, 0.15) is 0 Å². The van der Waals surface area contributed by atoms with Gasteiger partial charge >= 0.3 is 5.97 Å². The van der Waals surface area contributed by atoms with E-state index < -0.39 is 17.5 Å². The van der Waals surface area contributed by atoms with Crippen molar-refractivity contribution in [1.82, 2.24) is 5.32 Å². The van der Waals surface area contributed by atoms with Crippen molar-refractivity contribution in [2.24, 2.45) is 0 Å². The van der Waals surface area contributed by atoms with Gasteiger partial charge in [0, 0.05) is 10.5 Å². The second kappa shape index (κ2) is 6.49. The molecule has 0 aliphatic heterocycles. The van der Waals surface area contributed by atoms with Crippen molar-refractivity contribution in [3.05, 3.63) is 40.4 Å². The first-order valence-electron chi connectivity index (χ1n) is 5.48. The van der Waals surface area contributed by atoms with E-state index in [-0.39, 0.29) is 6.54 Å². The second-order valence-corrected chi connectivity index (χ2v) is 5.10. The first-order chi connectivity index (χ1) is 8.81. The molecule has 1 unspecified atom stereocenters. The number of benzene rings is 1. The maximum Gasteiger partial charge on any atom is 0.337 e. The fourth-order valence-electron chi connectivity index (χ4n) is 1.14. The molecule has 0 spiro atoms. The molecule has 0 saturated heterocycles. The van der Waals surface area contributed by atoms with Crippen molar-refractivity contribution in [1.29, 1.82) is 0 Å². The quantitative estimate of drug-likeness (QED) is 0.714. The van der Waals surface area contributed by atoms with E-state index in [1.165, 1.54) is 6.08 Å². The maximum absolute atomic E-state index is 11.4. The predicted molar refractivity (Wildman–Crippen MR) is 74.4 cm³/mol. The molecular formula is C13H14BrNO4. The summed E-state index contributed by atoms with van der Waals surface area (Å²) in [5, 5.41) is 20.4. The van der Waals surface area contributed by atoms with Crippen LogP contribution < -0.4 is 5.32 Å². The second-order valence-electron chi connectivity index (χ2n) is 4.18. The first-order valence-corrected chi connectivity index (χ1v) is 6.28. The molecule has 5 nitrogen and oxygen atoms in total. The molecule has 1 amide bonds. The van der Waals surface area contributed by atoms with Gasteiger partial charge in [0.15, 0.2) is 5.60 Å². The highest BCUT2D eigenvalue weighted by Gasteiger charge is 2.29. The van der Waals surface area contributed by atoms with Crippen molar-refractivity contribution >= 4 is 33.9 Å². The highest BCUT2D eigenvalue weighted by Crippen LogP contribution is 2.11. The number of carbonyl (C=O) groups excluding carboxylic acids is 1. The molecule has 0 fully saturated rings. The third-order valence-electron chi connectivity index (χ3n) is 2.36. The standard InChI is InChI=1S/C13H14BrNO4/c1-13(19,12(17)18)8-15-11(16)7-4-9-2-5-10(14)6-3-9/h2-7,19H,8H2,1H3,(H,15,16)(H,17,18).